The van der Waals surface area contributed by atoms with Gasteiger partial charge in [-0.3, -0.25) is 9.80 Å². The van der Waals surface area contributed by atoms with Crippen molar-refractivity contribution in [2.75, 3.05) is 31.1 Å². The molecule has 2 fully saturated rings. The number of benzene rings is 1. The average Bonchev–Trinajstić information content (AvgIpc) is 3.06. The van der Waals surface area contributed by atoms with Gasteiger partial charge in [-0.2, -0.15) is 4.85 Å². The van der Waals surface area contributed by atoms with Crippen molar-refractivity contribution in [2.45, 2.75) is 45.1 Å². The Morgan fingerprint density at radius 2 is 1.79 bits per heavy atom. The Balaban J connectivity index is 1.59. The Kier molecular flexibility index (Phi) is 5.17. The number of nitro groups is 1. The monoisotopic (exact) mass is 386 g/mol. The number of aryl methyl sites for hydroxylation is 1. The van der Waals surface area contributed by atoms with Crippen LogP contribution in [0.3, 0.4) is 0 Å². The van der Waals surface area contributed by atoms with Gasteiger partial charge in [0.15, 0.2) is 0 Å². The first-order valence-electron chi connectivity index (χ1n) is 9.98. The summed E-state index contributed by atoms with van der Waals surface area (Å²) in [5.41, 5.74) is 1.38. The fraction of sp³-hybridized carbons (Fsp3) is 0.579. The molecule has 2 aliphatic rings. The SMILES string of the molecule is Cc1ccccc1-n1nc([N+](=O)[O-])c(N2CCN(C3CCCCC3)CC2)[n+]1[O-]. The number of anilines is 1. The van der Waals surface area contributed by atoms with Gasteiger partial charge in [0.25, 0.3) is 0 Å². The number of piperazine rings is 1. The number of hydrogen-bond donors (Lipinski definition) is 0. The van der Waals surface area contributed by atoms with E-state index in [-0.39, 0.29) is 11.6 Å². The van der Waals surface area contributed by atoms with Crippen molar-refractivity contribution in [3.63, 3.8) is 0 Å². The summed E-state index contributed by atoms with van der Waals surface area (Å²) < 4.78 is 0. The van der Waals surface area contributed by atoms with E-state index in [2.05, 4.69) is 10.00 Å². The summed E-state index contributed by atoms with van der Waals surface area (Å²) in [5, 5.41) is 28.6. The number of rotatable bonds is 4. The molecule has 4 rings (SSSR count). The Morgan fingerprint density at radius 3 is 2.43 bits per heavy atom. The van der Waals surface area contributed by atoms with Gasteiger partial charge in [0.05, 0.1) is 13.1 Å². The van der Waals surface area contributed by atoms with Crippen LogP contribution in [0.4, 0.5) is 11.6 Å². The van der Waals surface area contributed by atoms with Crippen molar-refractivity contribution < 1.29 is 9.77 Å². The molecule has 28 heavy (non-hydrogen) atoms. The highest BCUT2D eigenvalue weighted by molar-refractivity contribution is 5.50. The molecule has 1 aliphatic carbocycles. The van der Waals surface area contributed by atoms with Crippen LogP contribution in [0.15, 0.2) is 24.3 Å². The van der Waals surface area contributed by atoms with E-state index >= 15 is 0 Å². The highest BCUT2D eigenvalue weighted by Gasteiger charge is 2.36. The van der Waals surface area contributed by atoms with Crippen LogP contribution in [-0.2, 0) is 0 Å². The smallest absolute Gasteiger partial charge is 0.428 e. The molecule has 0 radical (unpaired) electrons. The summed E-state index contributed by atoms with van der Waals surface area (Å²) in [6.07, 6.45) is 6.33. The molecule has 1 aromatic carbocycles. The molecule has 150 valence electrons. The summed E-state index contributed by atoms with van der Waals surface area (Å²) in [5.74, 6) is -0.346. The van der Waals surface area contributed by atoms with E-state index in [0.717, 1.165) is 23.4 Å². The molecule has 0 amide bonds. The molecule has 0 N–H and O–H groups in total. The van der Waals surface area contributed by atoms with Crippen molar-refractivity contribution >= 4 is 11.6 Å². The fourth-order valence-electron chi connectivity index (χ4n) is 4.42. The van der Waals surface area contributed by atoms with Crippen molar-refractivity contribution in [1.82, 2.24) is 14.8 Å². The lowest BCUT2D eigenvalue weighted by Gasteiger charge is -2.39. The highest BCUT2D eigenvalue weighted by Crippen LogP contribution is 2.27. The van der Waals surface area contributed by atoms with Gasteiger partial charge < -0.3 is 15.3 Å². The Morgan fingerprint density at radius 1 is 1.11 bits per heavy atom. The van der Waals surface area contributed by atoms with Crippen LogP contribution < -0.4 is 9.75 Å². The second kappa shape index (κ2) is 7.75. The zero-order chi connectivity index (χ0) is 19.7. The molecule has 9 heteroatoms. The zero-order valence-electron chi connectivity index (χ0n) is 16.2. The van der Waals surface area contributed by atoms with Gasteiger partial charge in [-0.05, 0) is 36.3 Å². The molecule has 0 atom stereocenters. The van der Waals surface area contributed by atoms with E-state index in [1.54, 1.807) is 12.1 Å². The fourth-order valence-corrected chi connectivity index (χ4v) is 4.42. The van der Waals surface area contributed by atoms with Crippen LogP contribution >= 0.6 is 0 Å². The van der Waals surface area contributed by atoms with E-state index in [0.29, 0.717) is 29.7 Å². The molecule has 1 saturated carbocycles. The topological polar surface area (TPSA) is 94.4 Å². The minimum absolute atomic E-state index is 0.0385. The Bertz CT molecular complexity index is 853. The molecule has 1 saturated heterocycles. The lowest BCUT2D eigenvalue weighted by Crippen LogP contribution is -2.54. The third-order valence-electron chi connectivity index (χ3n) is 5.95. The van der Waals surface area contributed by atoms with Gasteiger partial charge in [0, 0.05) is 24.2 Å². The van der Waals surface area contributed by atoms with Crippen LogP contribution in [0.5, 0.6) is 0 Å². The summed E-state index contributed by atoms with van der Waals surface area (Å²) >= 11 is 0. The van der Waals surface area contributed by atoms with Gasteiger partial charge in [0.1, 0.15) is 5.69 Å². The maximum absolute atomic E-state index is 13.0. The number of hydrogen-bond acceptors (Lipinski definition) is 6. The standard InChI is InChI=1S/C19H26N6O3/c1-15-7-5-6-10-17(15)23-20-18(25(27)28)19(24(23)26)22-13-11-21(12-14-22)16-8-3-2-4-9-16/h5-7,10,16H,2-4,8-9,11-14H2,1H3. The molecule has 0 unspecified atom stereocenters. The third-order valence-corrected chi connectivity index (χ3v) is 5.95. The van der Waals surface area contributed by atoms with Gasteiger partial charge in [-0.1, -0.05) is 42.3 Å². The van der Waals surface area contributed by atoms with Crippen molar-refractivity contribution in [3.05, 3.63) is 45.2 Å². The van der Waals surface area contributed by atoms with Gasteiger partial charge >= 0.3 is 11.6 Å². The van der Waals surface area contributed by atoms with E-state index in [1.165, 1.54) is 32.1 Å². The second-order valence-corrected chi connectivity index (χ2v) is 7.67. The van der Waals surface area contributed by atoms with E-state index in [1.807, 2.05) is 24.0 Å². The summed E-state index contributed by atoms with van der Waals surface area (Å²) in [6, 6.07) is 7.85. The number of para-hydroxylation sites is 1. The van der Waals surface area contributed by atoms with E-state index in [4.69, 9.17) is 0 Å². The van der Waals surface area contributed by atoms with Crippen LogP contribution in [0.2, 0.25) is 0 Å². The van der Waals surface area contributed by atoms with E-state index in [9.17, 15) is 15.3 Å². The molecule has 1 aromatic heterocycles. The quantitative estimate of drug-likeness (QED) is 0.346. The average molecular weight is 386 g/mol. The van der Waals surface area contributed by atoms with Crippen LogP contribution in [0.1, 0.15) is 37.7 Å². The lowest BCUT2D eigenvalue weighted by molar-refractivity contribution is -0.677. The Labute approximate surface area is 163 Å². The van der Waals surface area contributed by atoms with Gasteiger partial charge in [0.2, 0.25) is 0 Å². The first-order chi connectivity index (χ1) is 13.6. The second-order valence-electron chi connectivity index (χ2n) is 7.67. The normalized spacial score (nSPS) is 19.1. The molecule has 9 nitrogen and oxygen atoms in total. The maximum atomic E-state index is 13.0. The van der Waals surface area contributed by atoms with Gasteiger partial charge in [-0.15, -0.1) is 0 Å². The highest BCUT2D eigenvalue weighted by atomic mass is 16.6. The van der Waals surface area contributed by atoms with Crippen molar-refractivity contribution in [2.24, 2.45) is 0 Å². The molecule has 1 aliphatic heterocycles. The van der Waals surface area contributed by atoms with Crippen LogP contribution in [0, 0.1) is 22.2 Å². The summed E-state index contributed by atoms with van der Waals surface area (Å²) in [7, 11) is 0. The van der Waals surface area contributed by atoms with Crippen LogP contribution in [-0.4, -0.2) is 51.9 Å². The van der Waals surface area contributed by atoms with Crippen LogP contribution in [0.25, 0.3) is 5.69 Å². The molecule has 2 heterocycles. The first kappa shape index (κ1) is 18.7. The predicted molar refractivity (Wildman–Crippen MR) is 105 cm³/mol. The largest absolute Gasteiger partial charge is 0.723 e. The minimum atomic E-state index is -0.563. The number of nitrogens with zero attached hydrogens (tertiary/aromatic N) is 6. The lowest BCUT2D eigenvalue weighted by atomic mass is 9.94. The summed E-state index contributed by atoms with van der Waals surface area (Å²) in [4.78, 5) is 17.0. The molecule has 0 spiro atoms. The maximum Gasteiger partial charge on any atom is 0.428 e. The predicted octanol–water partition coefficient (Wildman–Crippen LogP) is 2.18. The van der Waals surface area contributed by atoms with E-state index < -0.39 is 4.92 Å². The molecule has 2 aromatic rings. The summed E-state index contributed by atoms with van der Waals surface area (Å²) in [6.45, 7) is 4.68. The minimum Gasteiger partial charge on any atom is -0.723 e. The van der Waals surface area contributed by atoms with Crippen molar-refractivity contribution in [1.29, 1.82) is 0 Å². The van der Waals surface area contributed by atoms with Crippen molar-refractivity contribution in [3.8, 4) is 5.69 Å². The first-order valence-corrected chi connectivity index (χ1v) is 9.98. The third kappa shape index (κ3) is 3.42. The molecular weight excluding hydrogens is 360 g/mol. The number of aromatic nitrogens is 3. The van der Waals surface area contributed by atoms with Gasteiger partial charge in [-0.25, -0.2) is 0 Å². The molecular formula is C19H26N6O3. The Hall–Kier alpha value is -2.68. The zero-order valence-corrected chi connectivity index (χ0v) is 16.2. The molecule has 0 bridgehead atoms.